The third-order valence-corrected chi connectivity index (χ3v) is 5.13. The van der Waals surface area contributed by atoms with Gasteiger partial charge in [0.05, 0.1) is 5.56 Å². The van der Waals surface area contributed by atoms with Crippen LogP contribution in [-0.2, 0) is 0 Å². The number of piperidine rings is 1. The fourth-order valence-corrected chi connectivity index (χ4v) is 3.59. The lowest BCUT2D eigenvalue weighted by Gasteiger charge is -2.32. The average molecular weight is 338 g/mol. The molecular formula is C19H22N4O2. The van der Waals surface area contributed by atoms with E-state index in [1.54, 1.807) is 0 Å². The Labute approximate surface area is 146 Å². The molecule has 2 fully saturated rings. The summed E-state index contributed by atoms with van der Waals surface area (Å²) in [5.74, 6) is 0.287. The van der Waals surface area contributed by atoms with Crippen LogP contribution in [0.2, 0.25) is 0 Å². The number of carboxylic acids is 1. The number of nitrogens with zero attached hydrogens (tertiary/aromatic N) is 3. The molecule has 0 bridgehead atoms. The summed E-state index contributed by atoms with van der Waals surface area (Å²) in [6.45, 7) is 1.79. The standard InChI is InChI=1S/C19H22N4O2/c24-18(25)14-11-20-19(21-12-14)23-8-6-15(7-9-23)22-17-10-16(17)13-4-2-1-3-5-13/h1-5,11-12,15-17,22H,6-10H2,(H,24,25). The second-order valence-corrected chi connectivity index (χ2v) is 6.86. The van der Waals surface area contributed by atoms with Crippen LogP contribution in [-0.4, -0.2) is 46.2 Å². The first-order valence-electron chi connectivity index (χ1n) is 8.82. The lowest BCUT2D eigenvalue weighted by atomic mass is 10.0. The van der Waals surface area contributed by atoms with Crippen molar-refractivity contribution in [1.82, 2.24) is 15.3 Å². The molecule has 2 N–H and O–H groups in total. The number of nitrogens with one attached hydrogen (secondary N) is 1. The van der Waals surface area contributed by atoms with Gasteiger partial charge in [0.25, 0.3) is 0 Å². The van der Waals surface area contributed by atoms with Crippen LogP contribution >= 0.6 is 0 Å². The molecule has 1 aliphatic carbocycles. The van der Waals surface area contributed by atoms with Crippen LogP contribution in [0.4, 0.5) is 5.95 Å². The van der Waals surface area contributed by atoms with Crippen LogP contribution in [0.3, 0.4) is 0 Å². The maximum atomic E-state index is 10.9. The first-order chi connectivity index (χ1) is 12.2. The van der Waals surface area contributed by atoms with E-state index in [0.29, 0.717) is 23.9 Å². The van der Waals surface area contributed by atoms with Gasteiger partial charge in [0.1, 0.15) is 0 Å². The van der Waals surface area contributed by atoms with Crippen LogP contribution in [0.5, 0.6) is 0 Å². The monoisotopic (exact) mass is 338 g/mol. The van der Waals surface area contributed by atoms with Gasteiger partial charge in [-0.15, -0.1) is 0 Å². The van der Waals surface area contributed by atoms with Crippen molar-refractivity contribution < 1.29 is 9.90 Å². The Kier molecular flexibility index (Phi) is 4.36. The lowest BCUT2D eigenvalue weighted by molar-refractivity contribution is 0.0696. The van der Waals surface area contributed by atoms with Crippen LogP contribution in [0, 0.1) is 0 Å². The van der Waals surface area contributed by atoms with Crippen molar-refractivity contribution in [3.05, 3.63) is 53.9 Å². The molecule has 2 heterocycles. The molecule has 2 aliphatic rings. The number of rotatable bonds is 5. The summed E-state index contributed by atoms with van der Waals surface area (Å²) < 4.78 is 0. The number of carboxylic acid groups (broad SMARTS) is 1. The molecule has 6 heteroatoms. The molecule has 1 aliphatic heterocycles. The average Bonchev–Trinajstić information content (AvgIpc) is 3.42. The second kappa shape index (κ2) is 6.80. The highest BCUT2D eigenvalue weighted by molar-refractivity contribution is 5.86. The summed E-state index contributed by atoms with van der Waals surface area (Å²) in [7, 11) is 0. The molecule has 4 rings (SSSR count). The Balaban J connectivity index is 1.27. The SMILES string of the molecule is O=C(O)c1cnc(N2CCC(NC3CC3c3ccccc3)CC2)nc1. The normalized spacial score (nSPS) is 23.4. The molecule has 1 aromatic heterocycles. The summed E-state index contributed by atoms with van der Waals surface area (Å²) in [5, 5.41) is 12.7. The van der Waals surface area contributed by atoms with Gasteiger partial charge >= 0.3 is 5.97 Å². The van der Waals surface area contributed by atoms with E-state index in [1.165, 1.54) is 24.4 Å². The van der Waals surface area contributed by atoms with Gasteiger partial charge in [-0.05, 0) is 24.8 Å². The molecule has 1 saturated heterocycles. The van der Waals surface area contributed by atoms with Gasteiger partial charge in [-0.2, -0.15) is 0 Å². The number of carbonyl (C=O) groups is 1. The minimum atomic E-state index is -0.994. The second-order valence-electron chi connectivity index (χ2n) is 6.86. The fourth-order valence-electron chi connectivity index (χ4n) is 3.59. The van der Waals surface area contributed by atoms with Crippen molar-refractivity contribution in [2.45, 2.75) is 37.3 Å². The van der Waals surface area contributed by atoms with Crippen molar-refractivity contribution in [2.75, 3.05) is 18.0 Å². The molecule has 1 aromatic carbocycles. The molecule has 1 saturated carbocycles. The van der Waals surface area contributed by atoms with Crippen molar-refractivity contribution in [3.63, 3.8) is 0 Å². The van der Waals surface area contributed by atoms with Crippen molar-refractivity contribution in [3.8, 4) is 0 Å². The van der Waals surface area contributed by atoms with Gasteiger partial charge < -0.3 is 15.3 Å². The highest BCUT2D eigenvalue weighted by Crippen LogP contribution is 2.41. The maximum absolute atomic E-state index is 10.9. The van der Waals surface area contributed by atoms with E-state index in [0.717, 1.165) is 25.9 Å². The minimum Gasteiger partial charge on any atom is -0.478 e. The van der Waals surface area contributed by atoms with Crippen LogP contribution < -0.4 is 10.2 Å². The largest absolute Gasteiger partial charge is 0.478 e. The lowest BCUT2D eigenvalue weighted by Crippen LogP contribution is -2.44. The molecule has 25 heavy (non-hydrogen) atoms. The third kappa shape index (κ3) is 3.64. The van der Waals surface area contributed by atoms with Crippen LogP contribution in [0.15, 0.2) is 42.7 Å². The number of hydrogen-bond donors (Lipinski definition) is 2. The molecule has 2 unspecified atom stereocenters. The number of hydrogen-bond acceptors (Lipinski definition) is 5. The van der Waals surface area contributed by atoms with E-state index in [1.807, 2.05) is 0 Å². The fraction of sp³-hybridized carbons (Fsp3) is 0.421. The van der Waals surface area contributed by atoms with Gasteiger partial charge in [0.15, 0.2) is 0 Å². The summed E-state index contributed by atoms with van der Waals surface area (Å²) in [5.41, 5.74) is 1.56. The molecule has 2 atom stereocenters. The van der Waals surface area contributed by atoms with Gasteiger partial charge in [0, 0.05) is 43.5 Å². The Morgan fingerprint density at radius 3 is 2.44 bits per heavy atom. The quantitative estimate of drug-likeness (QED) is 0.871. The van der Waals surface area contributed by atoms with Crippen LogP contribution in [0.25, 0.3) is 0 Å². The van der Waals surface area contributed by atoms with E-state index in [2.05, 4.69) is 50.5 Å². The maximum Gasteiger partial charge on any atom is 0.338 e. The first kappa shape index (κ1) is 16.0. The summed E-state index contributed by atoms with van der Waals surface area (Å²) >= 11 is 0. The molecule has 0 spiro atoms. The summed E-state index contributed by atoms with van der Waals surface area (Å²) in [6, 6.07) is 11.9. The zero-order valence-corrected chi connectivity index (χ0v) is 14.0. The van der Waals surface area contributed by atoms with E-state index >= 15 is 0 Å². The molecule has 2 aromatic rings. The highest BCUT2D eigenvalue weighted by Gasteiger charge is 2.39. The third-order valence-electron chi connectivity index (χ3n) is 5.13. The first-order valence-corrected chi connectivity index (χ1v) is 8.82. The van der Waals surface area contributed by atoms with Crippen LogP contribution in [0.1, 0.15) is 41.1 Å². The predicted molar refractivity (Wildman–Crippen MR) is 95.0 cm³/mol. The Bertz CT molecular complexity index is 727. The van der Waals surface area contributed by atoms with Gasteiger partial charge in [-0.1, -0.05) is 30.3 Å². The minimum absolute atomic E-state index is 0.126. The van der Waals surface area contributed by atoms with Gasteiger partial charge in [-0.25, -0.2) is 14.8 Å². The Hall–Kier alpha value is -2.47. The number of anilines is 1. The molecule has 0 radical (unpaired) electrons. The van der Waals surface area contributed by atoms with Crippen molar-refractivity contribution in [1.29, 1.82) is 0 Å². The summed E-state index contributed by atoms with van der Waals surface area (Å²) in [6.07, 6.45) is 6.10. The van der Waals surface area contributed by atoms with E-state index in [-0.39, 0.29) is 5.56 Å². The van der Waals surface area contributed by atoms with E-state index in [4.69, 9.17) is 5.11 Å². The molecule has 0 amide bonds. The van der Waals surface area contributed by atoms with Crippen molar-refractivity contribution >= 4 is 11.9 Å². The summed E-state index contributed by atoms with van der Waals surface area (Å²) in [4.78, 5) is 21.4. The molecule has 6 nitrogen and oxygen atoms in total. The van der Waals surface area contributed by atoms with Gasteiger partial charge in [-0.3, -0.25) is 0 Å². The highest BCUT2D eigenvalue weighted by atomic mass is 16.4. The number of aromatic carboxylic acids is 1. The molecular weight excluding hydrogens is 316 g/mol. The zero-order chi connectivity index (χ0) is 17.2. The van der Waals surface area contributed by atoms with E-state index < -0.39 is 5.97 Å². The van der Waals surface area contributed by atoms with E-state index in [9.17, 15) is 4.79 Å². The van der Waals surface area contributed by atoms with Gasteiger partial charge in [0.2, 0.25) is 5.95 Å². The Morgan fingerprint density at radius 1 is 1.12 bits per heavy atom. The Morgan fingerprint density at radius 2 is 1.80 bits per heavy atom. The number of aromatic nitrogens is 2. The molecule has 130 valence electrons. The topological polar surface area (TPSA) is 78.3 Å². The number of benzene rings is 1. The smallest absolute Gasteiger partial charge is 0.338 e. The van der Waals surface area contributed by atoms with Crippen molar-refractivity contribution in [2.24, 2.45) is 0 Å². The predicted octanol–water partition coefficient (Wildman–Crippen LogP) is 2.29. The zero-order valence-electron chi connectivity index (χ0n) is 14.0.